The number of carbonyl (C=O) groups is 1. The lowest BCUT2D eigenvalue weighted by atomic mass is 9.90. The van der Waals surface area contributed by atoms with Gasteiger partial charge in [-0.3, -0.25) is 0 Å². The minimum absolute atomic E-state index is 0.180. The highest BCUT2D eigenvalue weighted by atomic mass is 19.1. The second-order valence-electron chi connectivity index (χ2n) is 7.64. The van der Waals surface area contributed by atoms with Crippen molar-refractivity contribution in [1.29, 1.82) is 0 Å². The SMILES string of the molecule is C[C@@H](c1ccc(-c2ccnc(=O)[nH]2)cc1)N1CC[C@](C)(c2ccc(F)cc2)OC1=O. The van der Waals surface area contributed by atoms with E-state index in [0.29, 0.717) is 18.7 Å². The van der Waals surface area contributed by atoms with Crippen LogP contribution in [0.1, 0.15) is 37.4 Å². The molecule has 3 aromatic rings. The zero-order valence-electron chi connectivity index (χ0n) is 16.8. The monoisotopic (exact) mass is 407 g/mol. The minimum Gasteiger partial charge on any atom is -0.438 e. The molecule has 154 valence electrons. The first-order chi connectivity index (χ1) is 14.4. The first-order valence-corrected chi connectivity index (χ1v) is 9.77. The minimum atomic E-state index is -0.780. The average molecular weight is 407 g/mol. The maximum atomic E-state index is 13.2. The van der Waals surface area contributed by atoms with Crippen LogP contribution in [0.3, 0.4) is 0 Å². The highest BCUT2D eigenvalue weighted by molar-refractivity contribution is 5.70. The Morgan fingerprint density at radius 1 is 1.10 bits per heavy atom. The summed E-state index contributed by atoms with van der Waals surface area (Å²) in [5.74, 6) is -0.320. The molecule has 0 aliphatic carbocycles. The zero-order chi connectivity index (χ0) is 21.3. The molecule has 0 radical (unpaired) electrons. The normalized spacial score (nSPS) is 20.0. The molecular formula is C23H22FN3O3. The summed E-state index contributed by atoms with van der Waals surface area (Å²) < 4.78 is 19.0. The van der Waals surface area contributed by atoms with E-state index in [2.05, 4.69) is 9.97 Å². The fourth-order valence-electron chi connectivity index (χ4n) is 3.74. The first-order valence-electron chi connectivity index (χ1n) is 9.77. The molecule has 1 fully saturated rings. The second-order valence-corrected chi connectivity index (χ2v) is 7.64. The lowest BCUT2D eigenvalue weighted by Gasteiger charge is -2.41. The predicted molar refractivity (Wildman–Crippen MR) is 110 cm³/mol. The molecule has 30 heavy (non-hydrogen) atoms. The molecule has 2 atom stereocenters. The Hall–Kier alpha value is -3.48. The van der Waals surface area contributed by atoms with Gasteiger partial charge in [0.15, 0.2) is 0 Å². The maximum Gasteiger partial charge on any atom is 0.411 e. The molecule has 0 spiro atoms. The van der Waals surface area contributed by atoms with E-state index in [-0.39, 0.29) is 11.9 Å². The Kier molecular flexibility index (Phi) is 5.11. The molecule has 1 aliphatic heterocycles. The molecule has 0 unspecified atom stereocenters. The van der Waals surface area contributed by atoms with Crippen molar-refractivity contribution in [3.05, 3.63) is 88.2 Å². The molecule has 2 aromatic carbocycles. The fourth-order valence-corrected chi connectivity index (χ4v) is 3.74. The van der Waals surface area contributed by atoms with Gasteiger partial charge in [0.05, 0.1) is 11.7 Å². The highest BCUT2D eigenvalue weighted by Crippen LogP contribution is 2.36. The molecular weight excluding hydrogens is 385 g/mol. The van der Waals surface area contributed by atoms with E-state index in [1.807, 2.05) is 38.1 Å². The Labute approximate surface area is 173 Å². The fraction of sp³-hybridized carbons (Fsp3) is 0.261. The van der Waals surface area contributed by atoms with Crippen LogP contribution in [0, 0.1) is 5.82 Å². The number of carbonyl (C=O) groups excluding carboxylic acids is 1. The van der Waals surface area contributed by atoms with Crippen LogP contribution in [0.2, 0.25) is 0 Å². The van der Waals surface area contributed by atoms with Crippen LogP contribution in [-0.4, -0.2) is 27.5 Å². The van der Waals surface area contributed by atoms with Crippen molar-refractivity contribution >= 4 is 6.09 Å². The zero-order valence-corrected chi connectivity index (χ0v) is 16.8. The number of rotatable bonds is 4. The van der Waals surface area contributed by atoms with Crippen molar-refractivity contribution in [1.82, 2.24) is 14.9 Å². The van der Waals surface area contributed by atoms with Gasteiger partial charge in [0.1, 0.15) is 11.4 Å². The van der Waals surface area contributed by atoms with Gasteiger partial charge in [0, 0.05) is 19.2 Å². The van der Waals surface area contributed by atoms with Gasteiger partial charge >= 0.3 is 11.8 Å². The van der Waals surface area contributed by atoms with Crippen LogP contribution in [0.4, 0.5) is 9.18 Å². The van der Waals surface area contributed by atoms with Crippen molar-refractivity contribution in [2.24, 2.45) is 0 Å². The second kappa shape index (κ2) is 7.74. The molecule has 1 N–H and O–H groups in total. The molecule has 0 bridgehead atoms. The number of hydrogen-bond donors (Lipinski definition) is 1. The number of aromatic nitrogens is 2. The Balaban J connectivity index is 1.49. The van der Waals surface area contributed by atoms with E-state index in [9.17, 15) is 14.0 Å². The van der Waals surface area contributed by atoms with E-state index in [1.165, 1.54) is 18.3 Å². The standard InChI is InChI=1S/C23H22FN3O3/c1-15(16-3-5-17(6-4-16)20-11-13-25-21(28)26-20)27-14-12-23(2,30-22(27)29)18-7-9-19(24)10-8-18/h3-11,13,15H,12,14H2,1-2H3,(H,25,26,28)/t15-,23+/m0/s1. The lowest BCUT2D eigenvalue weighted by molar-refractivity contribution is -0.0491. The topological polar surface area (TPSA) is 75.3 Å². The van der Waals surface area contributed by atoms with Crippen molar-refractivity contribution in [3.63, 3.8) is 0 Å². The van der Waals surface area contributed by atoms with E-state index in [4.69, 9.17) is 4.74 Å². The summed E-state index contributed by atoms with van der Waals surface area (Å²) in [6.07, 6.45) is 1.67. The number of cyclic esters (lactones) is 1. The van der Waals surface area contributed by atoms with Gasteiger partial charge in [-0.2, -0.15) is 0 Å². The Morgan fingerprint density at radius 2 is 1.80 bits per heavy atom. The van der Waals surface area contributed by atoms with Gasteiger partial charge in [-0.25, -0.2) is 19.0 Å². The van der Waals surface area contributed by atoms with Crippen molar-refractivity contribution in [2.75, 3.05) is 6.54 Å². The quantitative estimate of drug-likeness (QED) is 0.696. The summed E-state index contributed by atoms with van der Waals surface area (Å²) in [6, 6.07) is 15.3. The number of aromatic amines is 1. The number of nitrogens with one attached hydrogen (secondary N) is 1. The predicted octanol–water partition coefficient (Wildman–Crippen LogP) is 4.39. The van der Waals surface area contributed by atoms with E-state index in [1.54, 1.807) is 23.1 Å². The Bertz CT molecular complexity index is 1110. The first kappa shape index (κ1) is 19.8. The summed E-state index contributed by atoms with van der Waals surface area (Å²) >= 11 is 0. The molecule has 4 rings (SSSR count). The average Bonchev–Trinajstić information content (AvgIpc) is 2.74. The lowest BCUT2D eigenvalue weighted by Crippen LogP contribution is -2.47. The van der Waals surface area contributed by atoms with Gasteiger partial charge in [-0.1, -0.05) is 36.4 Å². The van der Waals surface area contributed by atoms with Gasteiger partial charge < -0.3 is 14.6 Å². The molecule has 1 aliphatic rings. The number of hydrogen-bond acceptors (Lipinski definition) is 4. The summed E-state index contributed by atoms with van der Waals surface area (Å²) in [4.78, 5) is 32.2. The van der Waals surface area contributed by atoms with E-state index >= 15 is 0 Å². The maximum absolute atomic E-state index is 13.2. The molecule has 1 saturated heterocycles. The van der Waals surface area contributed by atoms with Crippen molar-refractivity contribution in [2.45, 2.75) is 31.9 Å². The van der Waals surface area contributed by atoms with E-state index < -0.39 is 17.4 Å². The van der Waals surface area contributed by atoms with Crippen molar-refractivity contribution in [3.8, 4) is 11.3 Å². The van der Waals surface area contributed by atoms with Crippen LogP contribution in [0.25, 0.3) is 11.3 Å². The number of amides is 1. The summed E-state index contributed by atoms with van der Waals surface area (Å²) in [5, 5.41) is 0. The Morgan fingerprint density at radius 3 is 2.43 bits per heavy atom. The van der Waals surface area contributed by atoms with Gasteiger partial charge in [-0.15, -0.1) is 0 Å². The number of H-pyrrole nitrogens is 1. The van der Waals surface area contributed by atoms with Crippen LogP contribution in [0.5, 0.6) is 0 Å². The molecule has 7 heteroatoms. The third kappa shape index (κ3) is 3.83. The third-order valence-electron chi connectivity index (χ3n) is 5.68. The van der Waals surface area contributed by atoms with Crippen LogP contribution < -0.4 is 5.69 Å². The van der Waals surface area contributed by atoms with Crippen LogP contribution in [0.15, 0.2) is 65.6 Å². The van der Waals surface area contributed by atoms with E-state index in [0.717, 1.165) is 16.7 Å². The molecule has 6 nitrogen and oxygen atoms in total. The van der Waals surface area contributed by atoms with Crippen molar-refractivity contribution < 1.29 is 13.9 Å². The number of benzene rings is 2. The molecule has 1 aromatic heterocycles. The smallest absolute Gasteiger partial charge is 0.411 e. The highest BCUT2D eigenvalue weighted by Gasteiger charge is 2.40. The molecule has 0 saturated carbocycles. The largest absolute Gasteiger partial charge is 0.438 e. The van der Waals surface area contributed by atoms with Gasteiger partial charge in [0.2, 0.25) is 0 Å². The van der Waals surface area contributed by atoms with Gasteiger partial charge in [0.25, 0.3) is 0 Å². The summed E-state index contributed by atoms with van der Waals surface area (Å²) in [6.45, 7) is 4.32. The number of nitrogens with zero attached hydrogens (tertiary/aromatic N) is 2. The third-order valence-corrected chi connectivity index (χ3v) is 5.68. The van der Waals surface area contributed by atoms with Crippen LogP contribution >= 0.6 is 0 Å². The van der Waals surface area contributed by atoms with Gasteiger partial charge in [-0.05, 0) is 48.7 Å². The summed E-state index contributed by atoms with van der Waals surface area (Å²) in [5.41, 5.74) is 2.10. The molecule has 1 amide bonds. The summed E-state index contributed by atoms with van der Waals surface area (Å²) in [7, 11) is 0. The van der Waals surface area contributed by atoms with Crippen LogP contribution in [-0.2, 0) is 10.3 Å². The molecule has 2 heterocycles. The number of ether oxygens (including phenoxy) is 1. The number of halogens is 1.